The lowest BCUT2D eigenvalue weighted by Crippen LogP contribution is -2.19. The number of nitrogens with one attached hydrogen (secondary N) is 1. The number of benzene rings is 2. The zero-order valence-electron chi connectivity index (χ0n) is 10.2. The number of hydrogen-bond acceptors (Lipinski definition) is 3. The Morgan fingerprint density at radius 3 is 2.50 bits per heavy atom. The van der Waals surface area contributed by atoms with E-state index >= 15 is 0 Å². The monoisotopic (exact) mass is 292 g/mol. The molecule has 2 aromatic carbocycles. The summed E-state index contributed by atoms with van der Waals surface area (Å²) in [6.45, 7) is 0. The normalized spacial score (nSPS) is 16.9. The van der Waals surface area contributed by atoms with Crippen LogP contribution in [-0.4, -0.2) is 5.91 Å². The van der Waals surface area contributed by atoms with E-state index in [1.807, 2.05) is 0 Å². The highest BCUT2D eigenvalue weighted by Gasteiger charge is 2.26. The first-order valence-corrected chi connectivity index (χ1v) is 6.69. The summed E-state index contributed by atoms with van der Waals surface area (Å²) in [6.07, 6.45) is 0. The molecule has 0 aromatic heterocycles. The first-order valence-electron chi connectivity index (χ1n) is 5.88. The summed E-state index contributed by atoms with van der Waals surface area (Å²) in [5.74, 6) is -2.00. The SMILES string of the molecule is NC1C(=O)Nc2cc(Sc3ccc(F)c(F)c3)ccc21. The number of carbonyl (C=O) groups is 1. The zero-order valence-corrected chi connectivity index (χ0v) is 11.0. The molecule has 3 N–H and O–H groups in total. The van der Waals surface area contributed by atoms with Crippen molar-refractivity contribution in [2.24, 2.45) is 5.73 Å². The third-order valence-electron chi connectivity index (χ3n) is 3.03. The van der Waals surface area contributed by atoms with Crippen molar-refractivity contribution >= 4 is 23.4 Å². The van der Waals surface area contributed by atoms with Crippen LogP contribution in [-0.2, 0) is 4.79 Å². The van der Waals surface area contributed by atoms with Crippen LogP contribution in [0.25, 0.3) is 0 Å². The minimum atomic E-state index is -0.883. The largest absolute Gasteiger partial charge is 0.324 e. The molecule has 0 aliphatic carbocycles. The van der Waals surface area contributed by atoms with E-state index in [1.54, 1.807) is 18.2 Å². The summed E-state index contributed by atoms with van der Waals surface area (Å²) < 4.78 is 26.0. The lowest BCUT2D eigenvalue weighted by Gasteiger charge is -2.05. The maximum Gasteiger partial charge on any atom is 0.245 e. The molecule has 1 aliphatic heterocycles. The van der Waals surface area contributed by atoms with Crippen LogP contribution in [0.3, 0.4) is 0 Å². The van der Waals surface area contributed by atoms with Crippen LogP contribution in [0.1, 0.15) is 11.6 Å². The zero-order chi connectivity index (χ0) is 14.3. The highest BCUT2D eigenvalue weighted by Crippen LogP contribution is 2.35. The quantitative estimate of drug-likeness (QED) is 0.894. The molecule has 0 radical (unpaired) electrons. The Balaban J connectivity index is 1.87. The van der Waals surface area contributed by atoms with Crippen molar-refractivity contribution in [3.8, 4) is 0 Å². The van der Waals surface area contributed by atoms with Crippen LogP contribution in [0.15, 0.2) is 46.2 Å². The molecular weight excluding hydrogens is 282 g/mol. The third kappa shape index (κ3) is 2.28. The Bertz CT molecular complexity index is 706. The van der Waals surface area contributed by atoms with Crippen LogP contribution in [0.4, 0.5) is 14.5 Å². The van der Waals surface area contributed by atoms with Crippen molar-refractivity contribution in [2.75, 3.05) is 5.32 Å². The van der Waals surface area contributed by atoms with Crippen LogP contribution < -0.4 is 11.1 Å². The van der Waals surface area contributed by atoms with Crippen LogP contribution >= 0.6 is 11.8 Å². The van der Waals surface area contributed by atoms with E-state index in [2.05, 4.69) is 5.32 Å². The molecule has 1 atom stereocenters. The highest BCUT2D eigenvalue weighted by molar-refractivity contribution is 7.99. The molecule has 0 saturated heterocycles. The molecule has 20 heavy (non-hydrogen) atoms. The summed E-state index contributed by atoms with van der Waals surface area (Å²) in [5.41, 5.74) is 7.12. The fraction of sp³-hybridized carbons (Fsp3) is 0.0714. The first-order chi connectivity index (χ1) is 9.54. The number of rotatable bonds is 2. The van der Waals surface area contributed by atoms with Gasteiger partial charge in [-0.15, -0.1) is 0 Å². The van der Waals surface area contributed by atoms with Gasteiger partial charge in [0.15, 0.2) is 11.6 Å². The number of anilines is 1. The average molecular weight is 292 g/mol. The van der Waals surface area contributed by atoms with Crippen molar-refractivity contribution in [3.05, 3.63) is 53.6 Å². The standard InChI is InChI=1S/C14H10F2N2OS/c15-10-4-2-7(5-11(10)16)20-8-1-3-9-12(6-8)18-14(19)13(9)17/h1-6,13H,17H2,(H,18,19). The van der Waals surface area contributed by atoms with E-state index in [0.717, 1.165) is 22.6 Å². The van der Waals surface area contributed by atoms with Gasteiger partial charge in [0.2, 0.25) is 5.91 Å². The fourth-order valence-electron chi connectivity index (χ4n) is 2.01. The Hall–Kier alpha value is -1.92. The maximum atomic E-state index is 13.1. The molecule has 102 valence electrons. The number of halogens is 2. The van der Waals surface area contributed by atoms with Gasteiger partial charge in [-0.05, 0) is 30.3 Å². The average Bonchev–Trinajstić information content (AvgIpc) is 2.69. The van der Waals surface area contributed by atoms with E-state index in [9.17, 15) is 13.6 Å². The Labute approximate surface area is 118 Å². The van der Waals surface area contributed by atoms with Crippen molar-refractivity contribution in [1.82, 2.24) is 0 Å². The molecule has 6 heteroatoms. The van der Waals surface area contributed by atoms with Gasteiger partial charge in [-0.3, -0.25) is 4.79 Å². The van der Waals surface area contributed by atoms with Gasteiger partial charge in [0, 0.05) is 21.0 Å². The summed E-state index contributed by atoms with van der Waals surface area (Å²) in [5, 5.41) is 2.68. The molecule has 1 unspecified atom stereocenters. The number of amides is 1. The molecule has 2 aromatic rings. The minimum Gasteiger partial charge on any atom is -0.324 e. The molecular formula is C14H10F2N2OS. The van der Waals surface area contributed by atoms with E-state index in [-0.39, 0.29) is 5.91 Å². The van der Waals surface area contributed by atoms with Gasteiger partial charge in [-0.1, -0.05) is 17.8 Å². The van der Waals surface area contributed by atoms with Crippen molar-refractivity contribution < 1.29 is 13.6 Å². The van der Waals surface area contributed by atoms with Crippen LogP contribution in [0, 0.1) is 11.6 Å². The Morgan fingerprint density at radius 2 is 1.75 bits per heavy atom. The highest BCUT2D eigenvalue weighted by atomic mass is 32.2. The molecule has 0 saturated carbocycles. The molecule has 3 nitrogen and oxygen atoms in total. The predicted octanol–water partition coefficient (Wildman–Crippen LogP) is 3.07. The van der Waals surface area contributed by atoms with E-state index in [4.69, 9.17) is 5.73 Å². The summed E-state index contributed by atoms with van der Waals surface area (Å²) in [4.78, 5) is 12.8. The fourth-order valence-corrected chi connectivity index (χ4v) is 2.89. The predicted molar refractivity (Wildman–Crippen MR) is 72.5 cm³/mol. The molecule has 1 heterocycles. The van der Waals surface area contributed by atoms with Crippen molar-refractivity contribution in [2.45, 2.75) is 15.8 Å². The van der Waals surface area contributed by atoms with Gasteiger partial charge in [0.25, 0.3) is 0 Å². The second-order valence-corrected chi connectivity index (χ2v) is 5.54. The topological polar surface area (TPSA) is 55.1 Å². The van der Waals surface area contributed by atoms with E-state index < -0.39 is 17.7 Å². The second-order valence-electron chi connectivity index (χ2n) is 4.39. The maximum absolute atomic E-state index is 13.1. The van der Waals surface area contributed by atoms with Crippen molar-refractivity contribution in [1.29, 1.82) is 0 Å². The van der Waals surface area contributed by atoms with Gasteiger partial charge in [0.1, 0.15) is 6.04 Å². The van der Waals surface area contributed by atoms with Gasteiger partial charge in [-0.2, -0.15) is 0 Å². The number of fused-ring (bicyclic) bond motifs is 1. The number of nitrogens with two attached hydrogens (primary N) is 1. The third-order valence-corrected chi connectivity index (χ3v) is 4.01. The lowest BCUT2D eigenvalue weighted by molar-refractivity contribution is -0.116. The van der Waals surface area contributed by atoms with Gasteiger partial charge in [-0.25, -0.2) is 8.78 Å². The first kappa shape index (κ1) is 13.1. The van der Waals surface area contributed by atoms with E-state index in [0.29, 0.717) is 10.6 Å². The van der Waals surface area contributed by atoms with Crippen LogP contribution in [0.2, 0.25) is 0 Å². The molecule has 3 rings (SSSR count). The number of carbonyl (C=O) groups excluding carboxylic acids is 1. The molecule has 0 fully saturated rings. The van der Waals surface area contributed by atoms with Gasteiger partial charge in [0.05, 0.1) is 0 Å². The molecule has 0 spiro atoms. The van der Waals surface area contributed by atoms with Crippen LogP contribution in [0.5, 0.6) is 0 Å². The minimum absolute atomic E-state index is 0.241. The second kappa shape index (κ2) is 4.88. The summed E-state index contributed by atoms with van der Waals surface area (Å²) in [7, 11) is 0. The van der Waals surface area contributed by atoms with Crippen molar-refractivity contribution in [3.63, 3.8) is 0 Å². The Morgan fingerprint density at radius 1 is 1.05 bits per heavy atom. The number of hydrogen-bond donors (Lipinski definition) is 2. The summed E-state index contributed by atoms with van der Waals surface area (Å²) in [6, 6.07) is 8.41. The smallest absolute Gasteiger partial charge is 0.245 e. The van der Waals surface area contributed by atoms with E-state index in [1.165, 1.54) is 17.8 Å². The summed E-state index contributed by atoms with van der Waals surface area (Å²) >= 11 is 1.28. The lowest BCUT2D eigenvalue weighted by atomic mass is 10.1. The Kier molecular flexibility index (Phi) is 3.19. The molecule has 1 aliphatic rings. The van der Waals surface area contributed by atoms with Gasteiger partial charge >= 0.3 is 0 Å². The molecule has 0 bridgehead atoms. The van der Waals surface area contributed by atoms with Gasteiger partial charge < -0.3 is 11.1 Å². The molecule has 1 amide bonds.